The van der Waals surface area contributed by atoms with Gasteiger partial charge in [0.05, 0.1) is 19.3 Å². The Morgan fingerprint density at radius 2 is 0.651 bits per heavy atom. The third-order valence-corrected chi connectivity index (χ3v) is 6.38. The van der Waals surface area contributed by atoms with E-state index in [4.69, 9.17) is 14.2 Å². The van der Waals surface area contributed by atoms with Gasteiger partial charge in [0, 0.05) is 25.2 Å². The van der Waals surface area contributed by atoms with E-state index in [0.717, 1.165) is 16.7 Å². The minimum absolute atomic E-state index is 0.00292. The molecule has 0 spiro atoms. The van der Waals surface area contributed by atoms with Gasteiger partial charge in [0.2, 0.25) is 0 Å². The van der Waals surface area contributed by atoms with E-state index in [1.807, 2.05) is 36.4 Å². The first kappa shape index (κ1) is 32.6. The Labute approximate surface area is 250 Å². The van der Waals surface area contributed by atoms with Gasteiger partial charge in [-0.15, -0.1) is 0 Å². The van der Waals surface area contributed by atoms with Crippen LogP contribution in [0, 0.1) is 0 Å². The summed E-state index contributed by atoms with van der Waals surface area (Å²) in [5.74, 6) is -1.04. The number of hydrogen-bond donors (Lipinski definition) is 0. The van der Waals surface area contributed by atoms with Crippen molar-refractivity contribution in [2.45, 2.75) is 65.2 Å². The van der Waals surface area contributed by atoms with Gasteiger partial charge < -0.3 is 28.6 Å². The van der Waals surface area contributed by atoms with E-state index in [2.05, 4.69) is 0 Å². The van der Waals surface area contributed by atoms with E-state index < -0.39 is 17.9 Å². The molecule has 43 heavy (non-hydrogen) atoms. The summed E-state index contributed by atoms with van der Waals surface area (Å²) >= 11 is 0. The molecule has 0 aliphatic rings. The molecular weight excluding hydrogens is 552 g/mol. The highest BCUT2D eigenvalue weighted by Crippen LogP contribution is 2.35. The van der Waals surface area contributed by atoms with Gasteiger partial charge in [0.1, 0.15) is 34.6 Å². The summed E-state index contributed by atoms with van der Waals surface area (Å²) in [5.41, 5.74) is 2.59. The van der Waals surface area contributed by atoms with Gasteiger partial charge in [-0.05, 0) is 73.9 Å². The van der Waals surface area contributed by atoms with Crippen molar-refractivity contribution >= 4 is 35.3 Å². The normalized spacial score (nSPS) is 10.6. The molecule has 0 aliphatic carbocycles. The van der Waals surface area contributed by atoms with Gasteiger partial charge in [-0.1, -0.05) is 36.4 Å². The summed E-state index contributed by atoms with van der Waals surface area (Å²) in [5, 5.41) is 0. The molecule has 0 radical (unpaired) electrons. The lowest BCUT2D eigenvalue weighted by Crippen LogP contribution is -2.10. The zero-order valence-electron chi connectivity index (χ0n) is 24.4. The largest absolute Gasteiger partial charge is 0.427 e. The average molecular weight is 587 g/mol. The maximum Gasteiger partial charge on any atom is 0.311 e. The van der Waals surface area contributed by atoms with Crippen molar-refractivity contribution in [3.63, 3.8) is 0 Å². The Balaban J connectivity index is 1.84. The number of benzene rings is 3. The van der Waals surface area contributed by atoms with Crippen LogP contribution in [0.5, 0.6) is 17.2 Å². The van der Waals surface area contributed by atoms with E-state index in [-0.39, 0.29) is 61.8 Å². The summed E-state index contributed by atoms with van der Waals surface area (Å²) in [7, 11) is 0. The monoisotopic (exact) mass is 586 g/mol. The predicted molar refractivity (Wildman–Crippen MR) is 157 cm³/mol. The number of ketones is 3. The Morgan fingerprint density at radius 1 is 0.419 bits per heavy atom. The maximum absolute atomic E-state index is 12.1. The second kappa shape index (κ2) is 15.9. The van der Waals surface area contributed by atoms with Crippen LogP contribution in [-0.4, -0.2) is 35.3 Å². The fraction of sp³-hybridized carbons (Fsp3) is 0.294. The van der Waals surface area contributed by atoms with E-state index >= 15 is 0 Å². The summed E-state index contributed by atoms with van der Waals surface area (Å²) in [6.07, 6.45) is 0.334. The lowest BCUT2D eigenvalue weighted by Gasteiger charge is -2.20. The quantitative estimate of drug-likeness (QED) is 0.125. The van der Waals surface area contributed by atoms with Crippen LogP contribution >= 0.6 is 0 Å². The smallest absolute Gasteiger partial charge is 0.311 e. The Kier molecular flexibility index (Phi) is 12.1. The number of Topliss-reactive ketones (excluding diaryl/α,β-unsaturated/α-hetero) is 3. The van der Waals surface area contributed by atoms with Crippen molar-refractivity contribution in [2.75, 3.05) is 0 Å². The summed E-state index contributed by atoms with van der Waals surface area (Å²) in [6, 6.07) is 21.0. The zero-order chi connectivity index (χ0) is 31.4. The van der Waals surface area contributed by atoms with Crippen molar-refractivity contribution < 1.29 is 43.0 Å². The standard InChI is InChI=1S/C34H34O9/c1-22(35)4-19-31(38)41-28-13-7-25(8-14-28)34(26-9-15-29(16-10-26)42-32(39)20-5-23(2)36)27-11-17-30(18-12-27)43-33(40)21-6-24(3)37/h7-18,34H,4-6,19-21H2,1-3H3. The topological polar surface area (TPSA) is 130 Å². The van der Waals surface area contributed by atoms with Gasteiger partial charge in [0.25, 0.3) is 0 Å². The van der Waals surface area contributed by atoms with Gasteiger partial charge >= 0.3 is 17.9 Å². The zero-order valence-corrected chi connectivity index (χ0v) is 24.4. The molecule has 0 aromatic heterocycles. The first-order valence-electron chi connectivity index (χ1n) is 13.9. The van der Waals surface area contributed by atoms with Crippen LogP contribution in [0.25, 0.3) is 0 Å². The van der Waals surface area contributed by atoms with Crippen molar-refractivity contribution in [3.8, 4) is 17.2 Å². The first-order chi connectivity index (χ1) is 20.5. The molecule has 0 bridgehead atoms. The average Bonchev–Trinajstić information content (AvgIpc) is 2.97. The van der Waals surface area contributed by atoms with Crippen LogP contribution in [-0.2, 0) is 28.8 Å². The van der Waals surface area contributed by atoms with E-state index in [0.29, 0.717) is 17.2 Å². The number of esters is 3. The van der Waals surface area contributed by atoms with Gasteiger partial charge in [-0.2, -0.15) is 0 Å². The van der Waals surface area contributed by atoms with Gasteiger partial charge in [-0.25, -0.2) is 0 Å². The van der Waals surface area contributed by atoms with Crippen molar-refractivity contribution in [1.29, 1.82) is 0 Å². The highest BCUT2D eigenvalue weighted by Gasteiger charge is 2.19. The molecule has 0 N–H and O–H groups in total. The second-order valence-corrected chi connectivity index (χ2v) is 10.2. The number of hydrogen-bond acceptors (Lipinski definition) is 9. The van der Waals surface area contributed by atoms with Gasteiger partial charge in [0.15, 0.2) is 0 Å². The maximum atomic E-state index is 12.1. The Bertz CT molecular complexity index is 1270. The van der Waals surface area contributed by atoms with Crippen molar-refractivity contribution in [3.05, 3.63) is 89.5 Å². The first-order valence-corrected chi connectivity index (χ1v) is 13.9. The molecule has 3 rings (SSSR count). The van der Waals surface area contributed by atoms with Crippen LogP contribution in [0.15, 0.2) is 72.8 Å². The SMILES string of the molecule is CC(=O)CCC(=O)Oc1ccc(C(c2ccc(OC(=O)CCC(C)=O)cc2)c2ccc(OC(=O)CCC(C)=O)cc2)cc1. The summed E-state index contributed by atoms with van der Waals surface area (Å²) in [4.78, 5) is 69.7. The highest BCUT2D eigenvalue weighted by molar-refractivity contribution is 5.83. The fourth-order valence-corrected chi connectivity index (χ4v) is 4.14. The molecule has 3 aromatic carbocycles. The molecule has 3 aromatic rings. The van der Waals surface area contributed by atoms with Gasteiger partial charge in [-0.3, -0.25) is 14.4 Å². The van der Waals surface area contributed by atoms with Crippen LogP contribution in [0.4, 0.5) is 0 Å². The molecule has 0 fully saturated rings. The lowest BCUT2D eigenvalue weighted by atomic mass is 9.85. The minimum atomic E-state index is -0.499. The van der Waals surface area contributed by atoms with Crippen LogP contribution in [0.1, 0.15) is 81.9 Å². The van der Waals surface area contributed by atoms with Crippen LogP contribution < -0.4 is 14.2 Å². The molecule has 0 saturated heterocycles. The van der Waals surface area contributed by atoms with E-state index in [9.17, 15) is 28.8 Å². The Hall–Kier alpha value is -4.92. The number of carbonyl (C=O) groups is 6. The van der Waals surface area contributed by atoms with Crippen molar-refractivity contribution in [1.82, 2.24) is 0 Å². The highest BCUT2D eigenvalue weighted by atomic mass is 16.5. The number of ether oxygens (including phenoxy) is 3. The van der Waals surface area contributed by atoms with E-state index in [1.165, 1.54) is 20.8 Å². The van der Waals surface area contributed by atoms with E-state index in [1.54, 1.807) is 36.4 Å². The fourth-order valence-electron chi connectivity index (χ4n) is 4.14. The third kappa shape index (κ3) is 11.1. The molecule has 0 amide bonds. The number of carbonyl (C=O) groups excluding carboxylic acids is 6. The molecule has 9 heteroatoms. The van der Waals surface area contributed by atoms with Crippen LogP contribution in [0.2, 0.25) is 0 Å². The molecular formula is C34H34O9. The predicted octanol–water partition coefficient (Wildman–Crippen LogP) is 5.69. The molecule has 9 nitrogen and oxygen atoms in total. The third-order valence-electron chi connectivity index (χ3n) is 6.38. The summed E-state index contributed by atoms with van der Waals surface area (Å²) < 4.78 is 16.1. The van der Waals surface area contributed by atoms with Crippen molar-refractivity contribution in [2.24, 2.45) is 0 Å². The molecule has 0 aliphatic heterocycles. The summed E-state index contributed by atoms with van der Waals surface area (Å²) in [6.45, 7) is 4.25. The molecule has 0 atom stereocenters. The molecule has 0 unspecified atom stereocenters. The minimum Gasteiger partial charge on any atom is -0.427 e. The lowest BCUT2D eigenvalue weighted by molar-refractivity contribution is -0.136. The molecule has 0 heterocycles. The molecule has 0 saturated carbocycles. The number of rotatable bonds is 15. The second-order valence-electron chi connectivity index (χ2n) is 10.2. The molecule has 224 valence electrons. The van der Waals surface area contributed by atoms with Crippen LogP contribution in [0.3, 0.4) is 0 Å². The Morgan fingerprint density at radius 3 is 0.860 bits per heavy atom.